The number of methoxy groups -OCH3 is 2. The maximum absolute atomic E-state index is 12.7. The van der Waals surface area contributed by atoms with E-state index in [4.69, 9.17) is 9.47 Å². The van der Waals surface area contributed by atoms with E-state index in [1.165, 1.54) is 13.2 Å². The Morgan fingerprint density at radius 1 is 0.852 bits per heavy atom. The van der Waals surface area contributed by atoms with Gasteiger partial charge < -0.3 is 14.6 Å². The quantitative estimate of drug-likeness (QED) is 0.457. The summed E-state index contributed by atoms with van der Waals surface area (Å²) in [6.07, 6.45) is 0. The van der Waals surface area contributed by atoms with Crippen LogP contribution in [0.1, 0.15) is 15.9 Å². The van der Waals surface area contributed by atoms with Gasteiger partial charge in [-0.15, -0.1) is 0 Å². The zero-order valence-electron chi connectivity index (χ0n) is 13.9. The third-order valence-corrected chi connectivity index (χ3v) is 5.28. The number of phenols is 1. The minimum atomic E-state index is -4.99. The van der Waals surface area contributed by atoms with Gasteiger partial charge in [0, 0.05) is 17.7 Å². The van der Waals surface area contributed by atoms with Crippen LogP contribution in [0.15, 0.2) is 40.1 Å². The first-order valence-electron chi connectivity index (χ1n) is 6.99. The van der Waals surface area contributed by atoms with Gasteiger partial charge in [0.15, 0.2) is 5.78 Å². The second-order valence-electron chi connectivity index (χ2n) is 5.16. The van der Waals surface area contributed by atoms with E-state index in [0.29, 0.717) is 12.1 Å². The van der Waals surface area contributed by atoms with Gasteiger partial charge in [-0.2, -0.15) is 16.8 Å². The molecular formula is C15H14O10S2. The van der Waals surface area contributed by atoms with E-state index in [-0.39, 0.29) is 5.75 Å². The van der Waals surface area contributed by atoms with Gasteiger partial charge in [0.25, 0.3) is 20.2 Å². The van der Waals surface area contributed by atoms with Gasteiger partial charge in [-0.3, -0.25) is 13.9 Å². The Morgan fingerprint density at radius 2 is 1.44 bits per heavy atom. The molecule has 0 heterocycles. The van der Waals surface area contributed by atoms with Crippen LogP contribution in [0.2, 0.25) is 0 Å². The second kappa shape index (κ2) is 7.15. The van der Waals surface area contributed by atoms with Crippen molar-refractivity contribution in [2.24, 2.45) is 0 Å². The van der Waals surface area contributed by atoms with Crippen LogP contribution in [0.5, 0.6) is 17.2 Å². The molecule has 12 heteroatoms. The van der Waals surface area contributed by atoms with E-state index in [2.05, 4.69) is 0 Å². The van der Waals surface area contributed by atoms with Crippen LogP contribution in [0, 0.1) is 0 Å². The third kappa shape index (κ3) is 4.19. The van der Waals surface area contributed by atoms with Gasteiger partial charge in [-0.1, -0.05) is 0 Å². The topological polar surface area (TPSA) is 164 Å². The number of rotatable bonds is 6. The average Bonchev–Trinajstić information content (AvgIpc) is 2.58. The van der Waals surface area contributed by atoms with E-state index in [1.54, 1.807) is 0 Å². The molecular weight excluding hydrogens is 404 g/mol. The number of carbonyl (C=O) groups is 1. The predicted octanol–water partition coefficient (Wildman–Crippen LogP) is 1.13. The van der Waals surface area contributed by atoms with Crippen molar-refractivity contribution in [3.63, 3.8) is 0 Å². The Kier molecular flexibility index (Phi) is 5.47. The Morgan fingerprint density at radius 3 is 1.89 bits per heavy atom. The molecule has 0 spiro atoms. The van der Waals surface area contributed by atoms with Crippen LogP contribution in [0.3, 0.4) is 0 Å². The van der Waals surface area contributed by atoms with Crippen molar-refractivity contribution in [1.29, 1.82) is 0 Å². The first kappa shape index (κ1) is 20.6. The predicted molar refractivity (Wildman–Crippen MR) is 90.7 cm³/mol. The fourth-order valence-corrected chi connectivity index (χ4v) is 3.62. The Labute approximate surface area is 154 Å². The molecule has 2 aromatic rings. The SMILES string of the molecule is COc1ccc(C(=O)c2cc(S(=O)(=O)O)c(OC)cc2S(=O)(=O)O)c(O)c1. The third-order valence-electron chi connectivity index (χ3n) is 3.52. The number of ether oxygens (including phenoxy) is 2. The lowest BCUT2D eigenvalue weighted by molar-refractivity contribution is 0.103. The summed E-state index contributed by atoms with van der Waals surface area (Å²) in [5, 5.41) is 9.97. The monoisotopic (exact) mass is 418 g/mol. The highest BCUT2D eigenvalue weighted by atomic mass is 32.2. The summed E-state index contributed by atoms with van der Waals surface area (Å²) in [7, 11) is -7.58. The molecule has 0 saturated heterocycles. The zero-order chi connectivity index (χ0) is 20.6. The molecule has 0 aliphatic carbocycles. The van der Waals surface area contributed by atoms with Gasteiger partial charge in [-0.25, -0.2) is 0 Å². The molecule has 0 aliphatic rings. The van der Waals surface area contributed by atoms with Crippen LogP contribution in [0.25, 0.3) is 0 Å². The van der Waals surface area contributed by atoms with E-state index in [1.807, 2.05) is 0 Å². The van der Waals surface area contributed by atoms with E-state index < -0.39 is 58.4 Å². The second-order valence-corrected chi connectivity index (χ2v) is 7.94. The van der Waals surface area contributed by atoms with Crippen molar-refractivity contribution in [3.05, 3.63) is 41.5 Å². The molecule has 0 aromatic heterocycles. The van der Waals surface area contributed by atoms with Crippen molar-refractivity contribution in [3.8, 4) is 17.2 Å². The fraction of sp³-hybridized carbons (Fsp3) is 0.133. The summed E-state index contributed by atoms with van der Waals surface area (Å²) in [6, 6.07) is 4.60. The molecule has 0 unspecified atom stereocenters. The summed E-state index contributed by atoms with van der Waals surface area (Å²) in [5.41, 5.74) is -1.20. The van der Waals surface area contributed by atoms with Gasteiger partial charge >= 0.3 is 0 Å². The standard InChI is InChI=1S/C15H14O10S2/c1-24-8-3-4-9(11(16)5-8)15(17)10-6-14(27(21,22)23)12(25-2)7-13(10)26(18,19)20/h3-7,16H,1-2H3,(H,18,19,20)(H,21,22,23). The molecule has 0 amide bonds. The molecule has 3 N–H and O–H groups in total. The van der Waals surface area contributed by atoms with Crippen LogP contribution < -0.4 is 9.47 Å². The van der Waals surface area contributed by atoms with Gasteiger partial charge in [0.2, 0.25) is 0 Å². The van der Waals surface area contributed by atoms with Crippen molar-refractivity contribution in [1.82, 2.24) is 0 Å². The minimum Gasteiger partial charge on any atom is -0.507 e. The lowest BCUT2D eigenvalue weighted by Gasteiger charge is -2.13. The molecule has 2 aromatic carbocycles. The number of hydrogen-bond donors (Lipinski definition) is 3. The Balaban J connectivity index is 2.83. The molecule has 10 nitrogen and oxygen atoms in total. The van der Waals surface area contributed by atoms with Gasteiger partial charge in [-0.05, 0) is 18.2 Å². The molecule has 0 atom stereocenters. The highest BCUT2D eigenvalue weighted by molar-refractivity contribution is 7.86. The first-order chi connectivity index (χ1) is 12.4. The average molecular weight is 418 g/mol. The number of benzene rings is 2. The summed E-state index contributed by atoms with van der Waals surface area (Å²) in [4.78, 5) is 10.9. The largest absolute Gasteiger partial charge is 0.507 e. The molecule has 27 heavy (non-hydrogen) atoms. The summed E-state index contributed by atoms with van der Waals surface area (Å²) in [6.45, 7) is 0. The smallest absolute Gasteiger partial charge is 0.298 e. The zero-order valence-corrected chi connectivity index (χ0v) is 15.5. The normalized spacial score (nSPS) is 11.9. The lowest BCUT2D eigenvalue weighted by Crippen LogP contribution is -2.13. The van der Waals surface area contributed by atoms with E-state index >= 15 is 0 Å². The maximum atomic E-state index is 12.7. The van der Waals surface area contributed by atoms with Crippen molar-refractivity contribution in [2.75, 3.05) is 14.2 Å². The first-order valence-corrected chi connectivity index (χ1v) is 9.87. The van der Waals surface area contributed by atoms with Crippen molar-refractivity contribution < 1.29 is 45.3 Å². The van der Waals surface area contributed by atoms with Crippen molar-refractivity contribution >= 4 is 26.0 Å². The molecule has 2 rings (SSSR count). The number of ketones is 1. The molecule has 0 saturated carbocycles. The van der Waals surface area contributed by atoms with Crippen LogP contribution >= 0.6 is 0 Å². The fourth-order valence-electron chi connectivity index (χ4n) is 2.27. The number of carbonyl (C=O) groups excluding carboxylic acids is 1. The van der Waals surface area contributed by atoms with E-state index in [9.17, 15) is 35.8 Å². The van der Waals surface area contributed by atoms with Crippen molar-refractivity contribution in [2.45, 2.75) is 9.79 Å². The number of aromatic hydroxyl groups is 1. The van der Waals surface area contributed by atoms with Crippen LogP contribution in [0.4, 0.5) is 0 Å². The maximum Gasteiger partial charge on any atom is 0.298 e. The minimum absolute atomic E-state index is 0.201. The molecule has 0 bridgehead atoms. The van der Waals surface area contributed by atoms with Gasteiger partial charge in [0.05, 0.1) is 19.8 Å². The Bertz CT molecular complexity index is 1120. The molecule has 0 fully saturated rings. The highest BCUT2D eigenvalue weighted by Crippen LogP contribution is 2.33. The molecule has 0 radical (unpaired) electrons. The van der Waals surface area contributed by atoms with Crippen LogP contribution in [-0.4, -0.2) is 51.1 Å². The number of hydrogen-bond acceptors (Lipinski definition) is 8. The molecule has 0 aliphatic heterocycles. The number of phenolic OH excluding ortho intramolecular Hbond substituents is 1. The summed E-state index contributed by atoms with van der Waals surface area (Å²) >= 11 is 0. The van der Waals surface area contributed by atoms with Gasteiger partial charge in [0.1, 0.15) is 27.0 Å². The van der Waals surface area contributed by atoms with E-state index in [0.717, 1.165) is 19.2 Å². The lowest BCUT2D eigenvalue weighted by atomic mass is 10.0. The summed E-state index contributed by atoms with van der Waals surface area (Å²) < 4.78 is 74.6. The Hall–Kier alpha value is -2.67. The van der Waals surface area contributed by atoms with Crippen LogP contribution in [-0.2, 0) is 20.2 Å². The summed E-state index contributed by atoms with van der Waals surface area (Å²) in [5.74, 6) is -2.12. The molecule has 146 valence electrons. The highest BCUT2D eigenvalue weighted by Gasteiger charge is 2.29.